The van der Waals surface area contributed by atoms with Gasteiger partial charge in [0, 0.05) is 49.3 Å². The summed E-state index contributed by atoms with van der Waals surface area (Å²) < 4.78 is 35.0. The smallest absolute Gasteiger partial charge is 0.271 e. The van der Waals surface area contributed by atoms with Crippen molar-refractivity contribution in [1.82, 2.24) is 14.9 Å². The Hall–Kier alpha value is -3.54. The second-order valence-corrected chi connectivity index (χ2v) is 13.3. The first-order valence-electron chi connectivity index (χ1n) is 12.7. The number of sulfonamides is 1. The lowest BCUT2D eigenvalue weighted by Crippen LogP contribution is -2.20. The van der Waals surface area contributed by atoms with Crippen molar-refractivity contribution in [3.05, 3.63) is 59.7 Å². The zero-order valence-corrected chi connectivity index (χ0v) is 23.6. The number of ketones is 1. The Balaban J connectivity index is 1.40. The van der Waals surface area contributed by atoms with E-state index in [0.29, 0.717) is 19.6 Å². The maximum absolute atomic E-state index is 13.1. The van der Waals surface area contributed by atoms with Crippen molar-refractivity contribution in [2.45, 2.75) is 22.5 Å². The summed E-state index contributed by atoms with van der Waals surface area (Å²) in [5.41, 5.74) is 4.23. The third-order valence-corrected chi connectivity index (χ3v) is 10.1. The van der Waals surface area contributed by atoms with Crippen molar-refractivity contribution in [3.8, 4) is 17.0 Å². The summed E-state index contributed by atoms with van der Waals surface area (Å²) in [5, 5.41) is 2.66. The summed E-state index contributed by atoms with van der Waals surface area (Å²) >= 11 is 1.14. The molecule has 202 valence electrons. The van der Waals surface area contributed by atoms with Gasteiger partial charge in [-0.1, -0.05) is 12.1 Å². The largest absolute Gasteiger partial charge is 0.476 e. The van der Waals surface area contributed by atoms with E-state index in [1.807, 2.05) is 45.5 Å². The van der Waals surface area contributed by atoms with E-state index in [2.05, 4.69) is 24.5 Å². The van der Waals surface area contributed by atoms with Gasteiger partial charge >= 0.3 is 0 Å². The lowest BCUT2D eigenvalue weighted by Gasteiger charge is -2.15. The highest BCUT2D eigenvalue weighted by atomic mass is 32.2. The summed E-state index contributed by atoms with van der Waals surface area (Å²) in [6.45, 7) is 1.90. The lowest BCUT2D eigenvalue weighted by atomic mass is 9.93. The number of hydrogen-bond donors (Lipinski definition) is 1. The maximum atomic E-state index is 13.1. The van der Waals surface area contributed by atoms with Gasteiger partial charge in [0.1, 0.15) is 15.7 Å². The summed E-state index contributed by atoms with van der Waals surface area (Å²) in [5.74, 6) is 0.485. The van der Waals surface area contributed by atoms with Crippen molar-refractivity contribution in [3.63, 3.8) is 0 Å². The van der Waals surface area contributed by atoms with Crippen LogP contribution in [0.25, 0.3) is 22.0 Å². The minimum absolute atomic E-state index is 0.210. The number of rotatable bonds is 9. The number of hydrogen-bond acceptors (Lipinski definition) is 9. The molecule has 3 aromatic heterocycles. The summed E-state index contributed by atoms with van der Waals surface area (Å²) in [7, 11) is 2.15. The lowest BCUT2D eigenvalue weighted by molar-refractivity contribution is -0.111. The van der Waals surface area contributed by atoms with Crippen LogP contribution in [0.5, 0.6) is 5.88 Å². The standard InChI is InChI=1S/C28H29N5O4S2/c1-32(2)9-5-10-37-27-22(31-39(35,36)25-6-4-11-38-25)13-19(15-30-27)18-7-8-21-20(12-18)26-23(16-29-21)33(3)17-28(26)14-24(28)34/h4,6-8,11-13,15-16,31H,5,9-10,14,17H2,1-3H3. The Morgan fingerprint density at radius 2 is 1.97 bits per heavy atom. The third kappa shape index (κ3) is 4.64. The predicted molar refractivity (Wildman–Crippen MR) is 153 cm³/mol. The van der Waals surface area contributed by atoms with E-state index in [1.165, 1.54) is 0 Å². The molecule has 1 atom stereocenters. The number of fused-ring (bicyclic) bond motifs is 4. The predicted octanol–water partition coefficient (Wildman–Crippen LogP) is 4.15. The van der Waals surface area contributed by atoms with Crippen molar-refractivity contribution < 1.29 is 17.9 Å². The molecule has 1 aliphatic heterocycles. The summed E-state index contributed by atoms with van der Waals surface area (Å²) in [6, 6.07) is 10.9. The van der Waals surface area contributed by atoms with Gasteiger partial charge in [-0.2, -0.15) is 0 Å². The molecule has 1 unspecified atom stereocenters. The van der Waals surface area contributed by atoms with E-state index >= 15 is 0 Å². The van der Waals surface area contributed by atoms with Crippen LogP contribution in [0.3, 0.4) is 0 Å². The zero-order valence-electron chi connectivity index (χ0n) is 22.0. The van der Waals surface area contributed by atoms with E-state index in [4.69, 9.17) is 4.74 Å². The van der Waals surface area contributed by atoms with Crippen LogP contribution in [0.1, 0.15) is 18.4 Å². The second kappa shape index (κ2) is 9.58. The molecule has 1 aromatic carbocycles. The molecule has 1 N–H and O–H groups in total. The SMILES string of the molecule is CN(C)CCCOc1ncc(-c2ccc3ncc4c(c3c2)C2(CC2=O)CN4C)cc1NS(=O)(=O)c1cccs1. The van der Waals surface area contributed by atoms with Crippen LogP contribution >= 0.6 is 11.3 Å². The highest BCUT2D eigenvalue weighted by Gasteiger charge is 2.60. The van der Waals surface area contributed by atoms with Crippen LogP contribution in [-0.4, -0.2) is 69.9 Å². The van der Waals surface area contributed by atoms with Gasteiger partial charge in [0.25, 0.3) is 10.0 Å². The van der Waals surface area contributed by atoms with Gasteiger partial charge in [-0.15, -0.1) is 11.3 Å². The number of pyridine rings is 2. The number of aromatic nitrogens is 2. The van der Waals surface area contributed by atoms with Crippen molar-refractivity contribution in [2.75, 3.05) is 50.5 Å². The van der Waals surface area contributed by atoms with Gasteiger partial charge in [-0.25, -0.2) is 13.4 Å². The van der Waals surface area contributed by atoms with Gasteiger partial charge in [0.2, 0.25) is 5.88 Å². The molecular weight excluding hydrogens is 534 g/mol. The van der Waals surface area contributed by atoms with Crippen molar-refractivity contribution in [1.29, 1.82) is 0 Å². The average molecular weight is 564 g/mol. The first-order valence-corrected chi connectivity index (χ1v) is 15.1. The highest BCUT2D eigenvalue weighted by Crippen LogP contribution is 2.55. The van der Waals surface area contributed by atoms with Gasteiger partial charge in [-0.3, -0.25) is 14.5 Å². The molecule has 0 amide bonds. The number of anilines is 2. The number of ether oxygens (including phenoxy) is 1. The molecule has 9 nitrogen and oxygen atoms in total. The Morgan fingerprint density at radius 1 is 1.15 bits per heavy atom. The van der Waals surface area contributed by atoms with Gasteiger partial charge in [0.15, 0.2) is 0 Å². The van der Waals surface area contributed by atoms with Crippen LogP contribution in [0, 0.1) is 0 Å². The zero-order chi connectivity index (χ0) is 27.4. The molecule has 0 bridgehead atoms. The quantitative estimate of drug-likeness (QED) is 0.303. The van der Waals surface area contributed by atoms with E-state index < -0.39 is 15.4 Å². The topological polar surface area (TPSA) is 105 Å². The van der Waals surface area contributed by atoms with Gasteiger partial charge in [0.05, 0.1) is 29.4 Å². The Labute approximate surface area is 231 Å². The number of carbonyl (C=O) groups excluding carboxylic acids is 1. The monoisotopic (exact) mass is 563 g/mol. The molecule has 4 aromatic rings. The molecule has 0 saturated heterocycles. The Bertz CT molecular complexity index is 1690. The molecule has 1 saturated carbocycles. The van der Waals surface area contributed by atoms with Gasteiger partial charge < -0.3 is 14.5 Å². The van der Waals surface area contributed by atoms with Crippen LogP contribution < -0.4 is 14.4 Å². The molecule has 0 radical (unpaired) electrons. The average Bonchev–Trinajstić information content (AvgIpc) is 3.25. The number of benzene rings is 1. The molecular formula is C28H29N5O4S2. The first-order chi connectivity index (χ1) is 18.7. The molecule has 4 heterocycles. The number of carbonyl (C=O) groups is 1. The normalized spacial score (nSPS) is 18.3. The van der Waals surface area contributed by atoms with E-state index in [-0.39, 0.29) is 21.6 Å². The number of Topliss-reactive ketones (excluding diaryl/α,β-unsaturated/α-hetero) is 1. The van der Waals surface area contributed by atoms with E-state index in [9.17, 15) is 13.2 Å². The van der Waals surface area contributed by atoms with E-state index in [1.54, 1.807) is 29.8 Å². The van der Waals surface area contributed by atoms with Crippen LogP contribution in [0.2, 0.25) is 0 Å². The minimum Gasteiger partial charge on any atom is -0.476 e. The van der Waals surface area contributed by atoms with Crippen LogP contribution in [-0.2, 0) is 20.2 Å². The molecule has 6 rings (SSSR count). The fourth-order valence-electron chi connectivity index (χ4n) is 5.28. The second-order valence-electron chi connectivity index (χ2n) is 10.4. The molecule has 11 heteroatoms. The Morgan fingerprint density at radius 3 is 2.69 bits per heavy atom. The number of thiophene rings is 1. The number of nitrogens with zero attached hydrogens (tertiary/aromatic N) is 4. The summed E-state index contributed by atoms with van der Waals surface area (Å²) in [4.78, 5) is 25.8. The molecule has 1 spiro atoms. The molecule has 2 aliphatic rings. The number of nitrogens with one attached hydrogen (secondary N) is 1. The van der Waals surface area contributed by atoms with Crippen LogP contribution in [0.15, 0.2) is 58.4 Å². The van der Waals surface area contributed by atoms with Crippen LogP contribution in [0.4, 0.5) is 11.4 Å². The number of likely N-dealkylation sites (N-methyl/N-ethyl adjacent to an activating group) is 1. The first kappa shape index (κ1) is 25.7. The summed E-state index contributed by atoms with van der Waals surface area (Å²) in [6.07, 6.45) is 4.85. The fraction of sp³-hybridized carbons (Fsp3) is 0.321. The third-order valence-electron chi connectivity index (χ3n) is 7.29. The van der Waals surface area contributed by atoms with Gasteiger partial charge in [-0.05, 0) is 55.7 Å². The van der Waals surface area contributed by atoms with Crippen molar-refractivity contribution >= 4 is 49.4 Å². The molecule has 39 heavy (non-hydrogen) atoms. The fourth-order valence-corrected chi connectivity index (χ4v) is 7.33. The minimum atomic E-state index is -3.81. The Kier molecular flexibility index (Phi) is 6.32. The maximum Gasteiger partial charge on any atom is 0.271 e. The molecule has 1 fully saturated rings. The molecule has 1 aliphatic carbocycles. The van der Waals surface area contributed by atoms with Crippen molar-refractivity contribution in [2.24, 2.45) is 0 Å². The van der Waals surface area contributed by atoms with E-state index in [0.717, 1.165) is 57.6 Å². The highest BCUT2D eigenvalue weighted by molar-refractivity contribution is 7.94.